The van der Waals surface area contributed by atoms with Crippen molar-refractivity contribution in [2.45, 2.75) is 247 Å². The van der Waals surface area contributed by atoms with Crippen LogP contribution in [0.3, 0.4) is 0 Å². The van der Waals surface area contributed by atoms with Gasteiger partial charge in [0.1, 0.15) is 30.5 Å². The zero-order valence-electron chi connectivity index (χ0n) is 39.3. The maximum absolute atomic E-state index is 12.5. The topological polar surface area (TPSA) is 100 Å². The third-order valence-electron chi connectivity index (χ3n) is 16.6. The molecular formula is C49H79BrO10SSi. The van der Waals surface area contributed by atoms with Gasteiger partial charge in [0.05, 0.1) is 54.9 Å². The molecule has 62 heavy (non-hydrogen) atoms. The number of thioether (sulfide) groups is 1. The Morgan fingerprint density at radius 1 is 0.871 bits per heavy atom. The predicted octanol–water partition coefficient (Wildman–Crippen LogP) is 10.2. The first kappa shape index (κ1) is 48.3. The summed E-state index contributed by atoms with van der Waals surface area (Å²) in [6.45, 7) is 29.7. The molecule has 0 radical (unpaired) electrons. The molecule has 9 aliphatic rings. The van der Waals surface area contributed by atoms with Crippen molar-refractivity contribution in [1.82, 2.24) is 0 Å². The van der Waals surface area contributed by atoms with Crippen LogP contribution in [-0.2, 0) is 47.1 Å². The highest BCUT2D eigenvalue weighted by molar-refractivity contribution is 9.09. The van der Waals surface area contributed by atoms with Crippen LogP contribution in [0.1, 0.15) is 132 Å². The van der Waals surface area contributed by atoms with E-state index in [-0.39, 0.29) is 102 Å². The molecule has 9 aliphatic heterocycles. The molecule has 352 valence electrons. The first-order chi connectivity index (χ1) is 29.4. The molecule has 9 saturated heterocycles. The van der Waals surface area contributed by atoms with E-state index in [0.717, 1.165) is 75.3 Å². The minimum Gasteiger partial charge on any atom is -0.414 e. The van der Waals surface area contributed by atoms with E-state index in [1.807, 2.05) is 6.92 Å². The molecular weight excluding hydrogens is 889 g/mol. The Morgan fingerprint density at radius 2 is 1.60 bits per heavy atom. The highest BCUT2D eigenvalue weighted by Crippen LogP contribution is 2.54. The van der Waals surface area contributed by atoms with Crippen molar-refractivity contribution in [3.63, 3.8) is 0 Å². The second-order valence-corrected chi connectivity index (χ2v) is 28.5. The Balaban J connectivity index is 0.828. The van der Waals surface area contributed by atoms with Gasteiger partial charge in [-0.15, -0.1) is 0 Å². The fraction of sp³-hybridized carbons (Fsp3) is 0.898. The smallest absolute Gasteiger partial charge is 0.192 e. The second-order valence-electron chi connectivity index (χ2n) is 21.8. The van der Waals surface area contributed by atoms with Gasteiger partial charge < -0.3 is 42.3 Å². The minimum atomic E-state index is -1.89. The van der Waals surface area contributed by atoms with Crippen molar-refractivity contribution in [2.24, 2.45) is 17.8 Å². The van der Waals surface area contributed by atoms with E-state index < -0.39 is 14.1 Å². The minimum absolute atomic E-state index is 0.00977. The van der Waals surface area contributed by atoms with Crippen LogP contribution in [0.5, 0.6) is 0 Å². The molecule has 13 heteroatoms. The van der Waals surface area contributed by atoms with Crippen LogP contribution in [0.25, 0.3) is 0 Å². The van der Waals surface area contributed by atoms with Crippen LogP contribution in [-0.4, -0.2) is 122 Å². The van der Waals surface area contributed by atoms with Gasteiger partial charge in [-0.1, -0.05) is 89.3 Å². The Morgan fingerprint density at radius 3 is 2.32 bits per heavy atom. The molecule has 19 atom stereocenters. The summed E-state index contributed by atoms with van der Waals surface area (Å²) in [6, 6.07) is 0. The highest BCUT2D eigenvalue weighted by Gasteiger charge is 2.68. The molecule has 0 saturated carbocycles. The van der Waals surface area contributed by atoms with Gasteiger partial charge in [-0.25, -0.2) is 0 Å². The first-order valence-corrected chi connectivity index (χ1v) is 29.5. The van der Waals surface area contributed by atoms with Crippen LogP contribution < -0.4 is 0 Å². The van der Waals surface area contributed by atoms with Crippen LogP contribution in [0.15, 0.2) is 24.3 Å². The normalized spacial score (nSPS) is 44.5. The van der Waals surface area contributed by atoms with E-state index in [2.05, 4.69) is 83.7 Å². The van der Waals surface area contributed by atoms with E-state index in [0.29, 0.717) is 37.0 Å². The standard InChI is InChI=1S/C49H79BrO10SSi/c1-12-31(60-62(10,11)48(7,8)9)22-38-30(6)35(26-50)40(55-38)24-39-29(5)27(3)20-32(53-39)14-16-36-28(4)21-34(52-36)18-19-49-25-41-44(58-49)45-46(57-41)47(59-49)43-37(56-45)17-15-33(54-43)23-42(51)61-13-2/h27,30-41,43-47H,4-5,12-26H2,1-3,6-11H3/t27-,30-,31-,32?,33-,34+,35-,36?,37+,38-,39-,40?,41-,43+,44?,45+,46?,47+,49+/m1/s1. The molecule has 0 amide bonds. The quantitative estimate of drug-likeness (QED) is 0.0792. The average Bonchev–Trinajstić information content (AvgIpc) is 3.88. The van der Waals surface area contributed by atoms with Crippen LogP contribution in [0.4, 0.5) is 0 Å². The number of alkyl halides is 1. The van der Waals surface area contributed by atoms with E-state index >= 15 is 0 Å². The number of carbonyl (C=O) groups excluding carboxylic acids is 1. The van der Waals surface area contributed by atoms with Crippen molar-refractivity contribution in [2.75, 3.05) is 11.1 Å². The number of rotatable bonds is 17. The first-order valence-electron chi connectivity index (χ1n) is 24.5. The van der Waals surface area contributed by atoms with E-state index in [9.17, 15) is 4.79 Å². The molecule has 10 nitrogen and oxygen atoms in total. The lowest BCUT2D eigenvalue weighted by molar-refractivity contribution is -0.292. The molecule has 0 aromatic heterocycles. The molecule has 0 aromatic carbocycles. The van der Waals surface area contributed by atoms with Gasteiger partial charge >= 0.3 is 0 Å². The Hall–Kier alpha value is -0.163. The van der Waals surface area contributed by atoms with E-state index in [4.69, 9.17) is 42.3 Å². The number of ether oxygens (including phenoxy) is 8. The molecule has 0 spiro atoms. The van der Waals surface area contributed by atoms with Crippen LogP contribution in [0.2, 0.25) is 18.1 Å². The zero-order valence-corrected chi connectivity index (χ0v) is 42.7. The lowest BCUT2D eigenvalue weighted by atomic mass is 9.82. The Kier molecular flexibility index (Phi) is 15.1. The summed E-state index contributed by atoms with van der Waals surface area (Å²) >= 11 is 5.25. The third-order valence-corrected chi connectivity index (χ3v) is 22.6. The fourth-order valence-electron chi connectivity index (χ4n) is 11.8. The summed E-state index contributed by atoms with van der Waals surface area (Å²) in [5, 5.41) is 1.28. The van der Waals surface area contributed by atoms with Crippen molar-refractivity contribution >= 4 is 41.1 Å². The maximum Gasteiger partial charge on any atom is 0.192 e. The molecule has 0 aliphatic carbocycles. The Bertz CT molecular complexity index is 1610. The summed E-state index contributed by atoms with van der Waals surface area (Å²) in [4.78, 5) is 12.5. The lowest BCUT2D eigenvalue weighted by Crippen LogP contribution is -2.61. The van der Waals surface area contributed by atoms with Crippen molar-refractivity contribution in [3.05, 3.63) is 24.3 Å². The van der Waals surface area contributed by atoms with Crippen molar-refractivity contribution in [3.8, 4) is 0 Å². The number of hydrogen-bond acceptors (Lipinski definition) is 11. The molecule has 5 unspecified atom stereocenters. The number of fused-ring (bicyclic) bond motifs is 1. The van der Waals surface area contributed by atoms with Gasteiger partial charge in [0.25, 0.3) is 0 Å². The fourth-order valence-corrected chi connectivity index (χ4v) is 14.9. The van der Waals surface area contributed by atoms with E-state index in [1.165, 1.54) is 22.9 Å². The number of halogens is 1. The van der Waals surface area contributed by atoms with Gasteiger partial charge in [-0.3, -0.25) is 4.79 Å². The highest BCUT2D eigenvalue weighted by atomic mass is 79.9. The van der Waals surface area contributed by atoms with Gasteiger partial charge in [-0.2, -0.15) is 0 Å². The maximum atomic E-state index is 12.5. The molecule has 9 heterocycles. The number of hydrogen-bond donors (Lipinski definition) is 0. The zero-order chi connectivity index (χ0) is 44.3. The largest absolute Gasteiger partial charge is 0.414 e. The van der Waals surface area contributed by atoms with Crippen molar-refractivity contribution in [1.29, 1.82) is 0 Å². The predicted molar refractivity (Wildman–Crippen MR) is 249 cm³/mol. The summed E-state index contributed by atoms with van der Waals surface area (Å²) in [7, 11) is -1.89. The summed E-state index contributed by atoms with van der Waals surface area (Å²) in [5.41, 5.74) is 2.37. The number of carbonyl (C=O) groups is 1. The summed E-state index contributed by atoms with van der Waals surface area (Å²) in [6.07, 6.45) is 10.1. The van der Waals surface area contributed by atoms with Crippen molar-refractivity contribution < 1.29 is 47.1 Å². The molecule has 0 N–H and O–H groups in total. The average molecular weight is 968 g/mol. The monoisotopic (exact) mass is 966 g/mol. The summed E-state index contributed by atoms with van der Waals surface area (Å²) in [5.74, 6) is 1.25. The summed E-state index contributed by atoms with van der Waals surface area (Å²) < 4.78 is 61.3. The SMILES string of the molecule is C=C1C[C@H](CC[C@@]23C[C@H]4OC5[C@@H](O[C@H]6CC[C@H](CC(=O)SCC)O[C@@H]6[C@@H]5O2)C4O3)OC1CCC1C[C@@H](C)C(=C)[C@@H](CC2O[C@H](C[C@@H](CC)O[Si](C)(C)C(C)(C)C)[C@H](C)[C@H]2CBr)O1. The van der Waals surface area contributed by atoms with Crippen LogP contribution >= 0.6 is 27.7 Å². The molecule has 6 bridgehead atoms. The van der Waals surface area contributed by atoms with Crippen LogP contribution in [0, 0.1) is 17.8 Å². The second kappa shape index (κ2) is 19.4. The third kappa shape index (κ3) is 10.0. The van der Waals surface area contributed by atoms with Gasteiger partial charge in [0.15, 0.2) is 19.2 Å². The Labute approximate surface area is 387 Å². The molecule has 9 fully saturated rings. The van der Waals surface area contributed by atoms with E-state index in [1.54, 1.807) is 0 Å². The molecule has 9 rings (SSSR count). The van der Waals surface area contributed by atoms with Gasteiger partial charge in [0, 0.05) is 37.1 Å². The molecule has 0 aromatic rings. The van der Waals surface area contributed by atoms with Gasteiger partial charge in [0.2, 0.25) is 0 Å². The lowest BCUT2D eigenvalue weighted by Gasteiger charge is -2.47. The van der Waals surface area contributed by atoms with Gasteiger partial charge in [-0.05, 0) is 111 Å².